The summed E-state index contributed by atoms with van der Waals surface area (Å²) < 4.78 is 1.55. The van der Waals surface area contributed by atoms with Crippen LogP contribution in [-0.4, -0.2) is 20.9 Å². The fourth-order valence-corrected chi connectivity index (χ4v) is 2.49. The zero-order chi connectivity index (χ0) is 17.1. The summed E-state index contributed by atoms with van der Waals surface area (Å²) in [7, 11) is 1.73. The van der Waals surface area contributed by atoms with Crippen LogP contribution in [0, 0.1) is 10.1 Å². The number of fused-ring (bicyclic) bond motifs is 1. The second-order valence-electron chi connectivity index (χ2n) is 4.98. The molecule has 3 aromatic rings. The Morgan fingerprint density at radius 2 is 1.83 bits per heavy atom. The maximum Gasteiger partial charge on any atom is 0.269 e. The van der Waals surface area contributed by atoms with E-state index in [0.717, 1.165) is 10.8 Å². The number of nitro benzene ring substituents is 1. The molecule has 0 radical (unpaired) electrons. The Labute approximate surface area is 141 Å². The van der Waals surface area contributed by atoms with Crippen molar-refractivity contribution in [2.24, 2.45) is 17.3 Å². The lowest BCUT2D eigenvalue weighted by molar-refractivity contribution is -0.384. The molecule has 0 aliphatic carbocycles. The Morgan fingerprint density at radius 1 is 1.17 bits per heavy atom. The Hall–Kier alpha value is -3.06. The van der Waals surface area contributed by atoms with E-state index in [1.54, 1.807) is 23.9 Å². The van der Waals surface area contributed by atoms with Gasteiger partial charge in [-0.2, -0.15) is 10.2 Å². The first kappa shape index (κ1) is 15.8. The van der Waals surface area contributed by atoms with Crippen molar-refractivity contribution in [3.63, 3.8) is 0 Å². The predicted molar refractivity (Wildman–Crippen MR) is 92.0 cm³/mol. The minimum absolute atomic E-state index is 0.0309. The van der Waals surface area contributed by atoms with Crippen LogP contribution in [0.25, 0.3) is 10.8 Å². The molecule has 24 heavy (non-hydrogen) atoms. The monoisotopic (exact) mass is 341 g/mol. The van der Waals surface area contributed by atoms with Gasteiger partial charge in [0.1, 0.15) is 0 Å². The van der Waals surface area contributed by atoms with Gasteiger partial charge in [0, 0.05) is 30.0 Å². The smallest absolute Gasteiger partial charge is 0.258 e. The van der Waals surface area contributed by atoms with Crippen LogP contribution in [0.15, 0.2) is 58.7 Å². The first-order valence-corrected chi connectivity index (χ1v) is 7.37. The minimum Gasteiger partial charge on any atom is -0.258 e. The maximum atomic E-state index is 10.6. The van der Waals surface area contributed by atoms with E-state index in [1.165, 1.54) is 18.3 Å². The van der Waals surface area contributed by atoms with Gasteiger partial charge in [0.2, 0.25) is 0 Å². The first-order chi connectivity index (χ1) is 11.6. The van der Waals surface area contributed by atoms with Crippen molar-refractivity contribution < 1.29 is 4.92 Å². The van der Waals surface area contributed by atoms with Gasteiger partial charge in [0.15, 0.2) is 10.6 Å². The van der Waals surface area contributed by atoms with Crippen molar-refractivity contribution in [3.05, 3.63) is 74.8 Å². The van der Waals surface area contributed by atoms with Crippen LogP contribution in [0.4, 0.5) is 5.69 Å². The zero-order valence-electron chi connectivity index (χ0n) is 12.6. The number of nitrogens with zero attached hydrogens (tertiary/aromatic N) is 5. The topological polar surface area (TPSA) is 85.7 Å². The summed E-state index contributed by atoms with van der Waals surface area (Å²) in [5, 5.41) is 25.1. The molecule has 0 saturated carbocycles. The van der Waals surface area contributed by atoms with Gasteiger partial charge in [-0.25, -0.2) is 4.68 Å². The lowest BCUT2D eigenvalue weighted by Gasteiger charge is -2.04. The van der Waals surface area contributed by atoms with Crippen LogP contribution in [0.1, 0.15) is 5.56 Å². The lowest BCUT2D eigenvalue weighted by Crippen LogP contribution is -2.21. The van der Waals surface area contributed by atoms with Gasteiger partial charge in [-0.3, -0.25) is 10.1 Å². The molecule has 0 fully saturated rings. The van der Waals surface area contributed by atoms with Gasteiger partial charge in [-0.05, 0) is 17.7 Å². The number of aromatic nitrogens is 2. The van der Waals surface area contributed by atoms with Crippen molar-refractivity contribution in [2.45, 2.75) is 0 Å². The standard InChI is InChI=1S/C16H12ClN5O2/c1-21-16(14-5-3-2-4-13(14)15(17)20-21)19-18-10-11-6-8-12(9-7-11)22(23)24/h2-10H,1H3/b18-10-,19-16+. The Morgan fingerprint density at radius 3 is 2.50 bits per heavy atom. The van der Waals surface area contributed by atoms with E-state index in [2.05, 4.69) is 15.3 Å². The second-order valence-corrected chi connectivity index (χ2v) is 5.33. The molecule has 0 amide bonds. The normalized spacial score (nSPS) is 12.2. The summed E-state index contributed by atoms with van der Waals surface area (Å²) in [5.74, 6) is 0. The van der Waals surface area contributed by atoms with E-state index >= 15 is 0 Å². The summed E-state index contributed by atoms with van der Waals surface area (Å²) in [6.07, 6.45) is 1.52. The van der Waals surface area contributed by atoms with E-state index in [-0.39, 0.29) is 5.69 Å². The van der Waals surface area contributed by atoms with E-state index in [9.17, 15) is 10.1 Å². The highest BCUT2D eigenvalue weighted by molar-refractivity contribution is 6.34. The number of nitro groups is 1. The summed E-state index contributed by atoms with van der Waals surface area (Å²) >= 11 is 6.14. The van der Waals surface area contributed by atoms with Gasteiger partial charge in [-0.15, -0.1) is 5.10 Å². The van der Waals surface area contributed by atoms with Gasteiger partial charge >= 0.3 is 0 Å². The Bertz CT molecular complexity index is 1010. The van der Waals surface area contributed by atoms with Crippen LogP contribution < -0.4 is 5.49 Å². The average molecular weight is 342 g/mol. The number of rotatable bonds is 3. The lowest BCUT2D eigenvalue weighted by atomic mass is 10.2. The number of aryl methyl sites for hydroxylation is 1. The summed E-state index contributed by atoms with van der Waals surface area (Å²) in [6, 6.07) is 13.6. The molecule has 8 heteroatoms. The highest BCUT2D eigenvalue weighted by Gasteiger charge is 2.05. The Balaban J connectivity index is 2.00. The fraction of sp³-hybridized carbons (Fsp3) is 0.0625. The molecule has 0 aliphatic heterocycles. The van der Waals surface area contributed by atoms with Gasteiger partial charge in [-0.1, -0.05) is 35.9 Å². The molecule has 0 saturated heterocycles. The molecule has 120 valence electrons. The van der Waals surface area contributed by atoms with Crippen LogP contribution in [-0.2, 0) is 7.05 Å². The van der Waals surface area contributed by atoms with E-state index < -0.39 is 4.92 Å². The van der Waals surface area contributed by atoms with Gasteiger partial charge in [0.25, 0.3) is 5.69 Å². The van der Waals surface area contributed by atoms with Crippen LogP contribution in [0.5, 0.6) is 0 Å². The third kappa shape index (κ3) is 3.16. The van der Waals surface area contributed by atoms with E-state index in [4.69, 9.17) is 11.6 Å². The van der Waals surface area contributed by atoms with E-state index in [0.29, 0.717) is 16.2 Å². The largest absolute Gasteiger partial charge is 0.269 e. The summed E-state index contributed by atoms with van der Waals surface area (Å²) in [4.78, 5) is 10.2. The zero-order valence-corrected chi connectivity index (χ0v) is 13.4. The Kier molecular flexibility index (Phi) is 4.35. The van der Waals surface area contributed by atoms with Crippen LogP contribution in [0.3, 0.4) is 0 Å². The molecule has 3 rings (SSSR count). The van der Waals surface area contributed by atoms with Crippen molar-refractivity contribution in [1.82, 2.24) is 9.78 Å². The van der Waals surface area contributed by atoms with Crippen LogP contribution in [0.2, 0.25) is 5.15 Å². The van der Waals surface area contributed by atoms with Gasteiger partial charge in [0.05, 0.1) is 11.1 Å². The average Bonchev–Trinajstić information content (AvgIpc) is 2.58. The molecule has 0 N–H and O–H groups in total. The predicted octanol–water partition coefficient (Wildman–Crippen LogP) is 3.07. The van der Waals surface area contributed by atoms with Gasteiger partial charge < -0.3 is 0 Å². The molecule has 7 nitrogen and oxygen atoms in total. The molecule has 0 aliphatic rings. The number of non-ortho nitro benzene ring substituents is 1. The minimum atomic E-state index is -0.448. The molecular weight excluding hydrogens is 330 g/mol. The highest BCUT2D eigenvalue weighted by atomic mass is 35.5. The third-order valence-electron chi connectivity index (χ3n) is 3.40. The third-order valence-corrected chi connectivity index (χ3v) is 3.68. The fourth-order valence-electron chi connectivity index (χ4n) is 2.22. The summed E-state index contributed by atoms with van der Waals surface area (Å²) in [6.45, 7) is 0. The van der Waals surface area contributed by atoms with Crippen molar-refractivity contribution >= 4 is 34.3 Å². The number of hydrogen-bond acceptors (Lipinski definition) is 5. The van der Waals surface area contributed by atoms with Crippen LogP contribution >= 0.6 is 11.6 Å². The number of halogens is 1. The molecule has 2 aromatic carbocycles. The maximum absolute atomic E-state index is 10.6. The van der Waals surface area contributed by atoms with E-state index in [1.807, 2.05) is 24.3 Å². The molecule has 0 spiro atoms. The number of benzene rings is 2. The first-order valence-electron chi connectivity index (χ1n) is 6.99. The van der Waals surface area contributed by atoms with Crippen molar-refractivity contribution in [1.29, 1.82) is 0 Å². The highest BCUT2D eigenvalue weighted by Crippen LogP contribution is 2.17. The quantitative estimate of drug-likeness (QED) is 0.417. The summed E-state index contributed by atoms with van der Waals surface area (Å²) in [5.41, 5.74) is 1.30. The number of hydrogen-bond donors (Lipinski definition) is 0. The molecule has 0 unspecified atom stereocenters. The van der Waals surface area contributed by atoms with Crippen molar-refractivity contribution in [3.8, 4) is 0 Å². The molecule has 1 heterocycles. The second kappa shape index (κ2) is 6.59. The SMILES string of the molecule is Cn1nc(Cl)c2ccccc2/c1=N\N=C/c1ccc([N+](=O)[O-])cc1. The molecule has 0 bridgehead atoms. The molecule has 0 atom stereocenters. The molecular formula is C16H12ClN5O2. The van der Waals surface area contributed by atoms with Crippen molar-refractivity contribution in [2.75, 3.05) is 0 Å². The molecule has 1 aromatic heterocycles.